The minimum absolute atomic E-state index is 0.142. The van der Waals surface area contributed by atoms with Gasteiger partial charge in [0.15, 0.2) is 0 Å². The highest BCUT2D eigenvalue weighted by molar-refractivity contribution is 5.88. The molecule has 1 saturated carbocycles. The van der Waals surface area contributed by atoms with Gasteiger partial charge < -0.3 is 10.0 Å². The summed E-state index contributed by atoms with van der Waals surface area (Å²) in [5, 5.41) is 9.88. The van der Waals surface area contributed by atoms with E-state index in [0.717, 1.165) is 18.4 Å². The Morgan fingerprint density at radius 2 is 2.00 bits per heavy atom. The van der Waals surface area contributed by atoms with Gasteiger partial charge in [-0.05, 0) is 18.4 Å². The summed E-state index contributed by atoms with van der Waals surface area (Å²) < 4.78 is 0. The average Bonchev–Trinajstić information content (AvgIpc) is 3.06. The third-order valence-corrected chi connectivity index (χ3v) is 3.75. The molecular formula is C13H15NO2. The quantitative estimate of drug-likeness (QED) is 0.807. The largest absolute Gasteiger partial charge is 0.390 e. The Balaban J connectivity index is 1.76. The van der Waals surface area contributed by atoms with Gasteiger partial charge in [-0.25, -0.2) is 0 Å². The third-order valence-electron chi connectivity index (χ3n) is 3.75. The number of amides is 1. The van der Waals surface area contributed by atoms with Crippen LogP contribution in [0.15, 0.2) is 30.3 Å². The van der Waals surface area contributed by atoms with Crippen LogP contribution in [-0.4, -0.2) is 28.6 Å². The van der Waals surface area contributed by atoms with Gasteiger partial charge in [0.05, 0.1) is 11.5 Å². The Labute approximate surface area is 94.7 Å². The zero-order valence-electron chi connectivity index (χ0n) is 9.10. The number of benzene rings is 1. The van der Waals surface area contributed by atoms with Crippen molar-refractivity contribution in [2.45, 2.75) is 25.5 Å². The Kier molecular flexibility index (Phi) is 2.04. The maximum atomic E-state index is 12.1. The van der Waals surface area contributed by atoms with E-state index in [1.54, 1.807) is 4.90 Å². The molecule has 1 N–H and O–H groups in total. The Morgan fingerprint density at radius 3 is 2.56 bits per heavy atom. The fraction of sp³-hybridized carbons (Fsp3) is 0.462. The lowest BCUT2D eigenvalue weighted by Crippen LogP contribution is -2.27. The summed E-state index contributed by atoms with van der Waals surface area (Å²) in [6.45, 7) is 1.12. The van der Waals surface area contributed by atoms with Crippen molar-refractivity contribution in [3.63, 3.8) is 0 Å². The van der Waals surface area contributed by atoms with Gasteiger partial charge in [-0.15, -0.1) is 0 Å². The lowest BCUT2D eigenvalue weighted by atomic mass is 10.0. The van der Waals surface area contributed by atoms with E-state index >= 15 is 0 Å². The molecule has 1 spiro atoms. The monoisotopic (exact) mass is 217 g/mol. The Morgan fingerprint density at radius 1 is 1.31 bits per heavy atom. The zero-order chi connectivity index (χ0) is 11.2. The van der Waals surface area contributed by atoms with Gasteiger partial charge in [-0.2, -0.15) is 0 Å². The predicted octanol–water partition coefficient (Wildman–Crippen LogP) is 1.17. The van der Waals surface area contributed by atoms with Crippen LogP contribution < -0.4 is 0 Å². The number of hydrogen-bond acceptors (Lipinski definition) is 2. The van der Waals surface area contributed by atoms with Gasteiger partial charge in [0.25, 0.3) is 0 Å². The predicted molar refractivity (Wildman–Crippen MR) is 59.5 cm³/mol. The van der Waals surface area contributed by atoms with E-state index in [1.165, 1.54) is 0 Å². The maximum Gasteiger partial charge on any atom is 0.231 e. The number of aliphatic hydroxyl groups excluding tert-OH is 1. The first kappa shape index (κ1) is 9.85. The van der Waals surface area contributed by atoms with Gasteiger partial charge in [0.1, 0.15) is 0 Å². The molecule has 1 aromatic carbocycles. The van der Waals surface area contributed by atoms with Crippen LogP contribution in [0.1, 0.15) is 18.4 Å². The van der Waals surface area contributed by atoms with Crippen LogP contribution in [0, 0.1) is 5.41 Å². The standard InChI is InChI=1S/C13H15NO2/c15-11-9-14(12(16)13(11)6-7-13)8-10-4-2-1-3-5-10/h1-5,11,15H,6-9H2/t11-/m0/s1. The SMILES string of the molecule is O=C1N(Cc2ccccc2)C[C@H](O)C12CC2. The van der Waals surface area contributed by atoms with Gasteiger partial charge in [-0.1, -0.05) is 30.3 Å². The van der Waals surface area contributed by atoms with E-state index < -0.39 is 11.5 Å². The minimum atomic E-state index is -0.455. The topological polar surface area (TPSA) is 40.5 Å². The van der Waals surface area contributed by atoms with Crippen LogP contribution in [0.2, 0.25) is 0 Å². The lowest BCUT2D eigenvalue weighted by molar-refractivity contribution is -0.133. The highest BCUT2D eigenvalue weighted by atomic mass is 16.3. The molecule has 1 amide bonds. The molecule has 0 unspecified atom stereocenters. The second-order valence-corrected chi connectivity index (χ2v) is 4.84. The number of hydrogen-bond donors (Lipinski definition) is 1. The molecule has 3 rings (SSSR count). The van der Waals surface area contributed by atoms with E-state index in [4.69, 9.17) is 0 Å². The molecule has 1 aliphatic heterocycles. The average molecular weight is 217 g/mol. The molecule has 1 aliphatic carbocycles. The lowest BCUT2D eigenvalue weighted by Gasteiger charge is -2.15. The first-order chi connectivity index (χ1) is 7.72. The highest BCUT2D eigenvalue weighted by Crippen LogP contribution is 2.53. The van der Waals surface area contributed by atoms with E-state index in [0.29, 0.717) is 13.1 Å². The molecule has 1 aromatic rings. The molecule has 1 saturated heterocycles. The molecule has 84 valence electrons. The van der Waals surface area contributed by atoms with E-state index in [-0.39, 0.29) is 5.91 Å². The molecule has 3 nitrogen and oxygen atoms in total. The van der Waals surface area contributed by atoms with Crippen molar-refractivity contribution in [1.82, 2.24) is 4.90 Å². The Hall–Kier alpha value is -1.35. The fourth-order valence-corrected chi connectivity index (χ4v) is 2.55. The summed E-state index contributed by atoms with van der Waals surface area (Å²) in [4.78, 5) is 13.9. The van der Waals surface area contributed by atoms with Crippen molar-refractivity contribution in [1.29, 1.82) is 0 Å². The minimum Gasteiger partial charge on any atom is -0.390 e. The van der Waals surface area contributed by atoms with Crippen molar-refractivity contribution < 1.29 is 9.90 Å². The van der Waals surface area contributed by atoms with Crippen molar-refractivity contribution in [3.05, 3.63) is 35.9 Å². The molecule has 0 aromatic heterocycles. The summed E-state index contributed by atoms with van der Waals surface area (Å²) in [5.41, 5.74) is 0.732. The second-order valence-electron chi connectivity index (χ2n) is 4.84. The van der Waals surface area contributed by atoms with Gasteiger partial charge in [0.2, 0.25) is 5.91 Å². The number of carbonyl (C=O) groups is 1. The number of aliphatic hydroxyl groups is 1. The molecule has 2 aliphatic rings. The van der Waals surface area contributed by atoms with E-state index in [2.05, 4.69) is 0 Å². The maximum absolute atomic E-state index is 12.1. The smallest absolute Gasteiger partial charge is 0.231 e. The van der Waals surface area contributed by atoms with Crippen LogP contribution >= 0.6 is 0 Å². The van der Waals surface area contributed by atoms with Crippen molar-refractivity contribution in [2.75, 3.05) is 6.54 Å². The first-order valence-electron chi connectivity index (χ1n) is 5.74. The van der Waals surface area contributed by atoms with Crippen molar-refractivity contribution >= 4 is 5.91 Å². The number of carbonyl (C=O) groups excluding carboxylic acids is 1. The molecule has 1 heterocycles. The van der Waals surface area contributed by atoms with Crippen LogP contribution in [0.3, 0.4) is 0 Å². The van der Waals surface area contributed by atoms with Crippen LogP contribution in [0.5, 0.6) is 0 Å². The molecule has 16 heavy (non-hydrogen) atoms. The first-order valence-corrected chi connectivity index (χ1v) is 5.74. The van der Waals surface area contributed by atoms with Gasteiger partial charge >= 0.3 is 0 Å². The van der Waals surface area contributed by atoms with Crippen LogP contribution in [0.4, 0.5) is 0 Å². The summed E-state index contributed by atoms with van der Waals surface area (Å²) in [7, 11) is 0. The van der Waals surface area contributed by atoms with Crippen LogP contribution in [-0.2, 0) is 11.3 Å². The highest BCUT2D eigenvalue weighted by Gasteiger charge is 2.61. The number of β-amino-alcohol motifs (C(OH)–C–C–N with tert-alkyl or cyclic N) is 1. The van der Waals surface area contributed by atoms with E-state index in [9.17, 15) is 9.90 Å². The number of rotatable bonds is 2. The summed E-state index contributed by atoms with van der Waals surface area (Å²) in [6.07, 6.45) is 1.26. The molecule has 3 heteroatoms. The fourth-order valence-electron chi connectivity index (χ4n) is 2.55. The Bertz CT molecular complexity index is 411. The summed E-state index contributed by atoms with van der Waals surface area (Å²) in [5.74, 6) is 0.142. The molecular weight excluding hydrogens is 202 g/mol. The summed E-state index contributed by atoms with van der Waals surface area (Å²) >= 11 is 0. The second kappa shape index (κ2) is 3.32. The van der Waals surface area contributed by atoms with Gasteiger partial charge in [-0.3, -0.25) is 4.79 Å². The number of likely N-dealkylation sites (tertiary alicyclic amines) is 1. The van der Waals surface area contributed by atoms with Crippen LogP contribution in [0.25, 0.3) is 0 Å². The molecule has 2 fully saturated rings. The third kappa shape index (κ3) is 1.35. The normalized spacial score (nSPS) is 26.4. The zero-order valence-corrected chi connectivity index (χ0v) is 9.10. The van der Waals surface area contributed by atoms with Crippen molar-refractivity contribution in [2.24, 2.45) is 5.41 Å². The van der Waals surface area contributed by atoms with E-state index in [1.807, 2.05) is 30.3 Å². The molecule has 1 atom stereocenters. The molecule has 0 bridgehead atoms. The summed E-state index contributed by atoms with van der Waals surface area (Å²) in [6, 6.07) is 9.93. The van der Waals surface area contributed by atoms with Gasteiger partial charge in [0, 0.05) is 13.1 Å². The molecule has 0 radical (unpaired) electrons. The number of nitrogens with zero attached hydrogens (tertiary/aromatic N) is 1. The van der Waals surface area contributed by atoms with Crippen molar-refractivity contribution in [3.8, 4) is 0 Å².